The highest BCUT2D eigenvalue weighted by molar-refractivity contribution is 5.90. The lowest BCUT2D eigenvalue weighted by Crippen LogP contribution is -2.51. The van der Waals surface area contributed by atoms with Crippen molar-refractivity contribution in [3.05, 3.63) is 46.5 Å². The van der Waals surface area contributed by atoms with E-state index in [0.717, 1.165) is 73.2 Å². The number of hydrogen-bond acceptors (Lipinski definition) is 5. The molecule has 0 unspecified atom stereocenters. The van der Waals surface area contributed by atoms with Crippen molar-refractivity contribution in [1.29, 1.82) is 0 Å². The molecular formula is C48H75NO4. The van der Waals surface area contributed by atoms with Crippen molar-refractivity contribution in [3.63, 3.8) is 0 Å². The molecule has 0 bridgehead atoms. The van der Waals surface area contributed by atoms with Crippen LogP contribution in [0.5, 0.6) is 0 Å². The highest BCUT2D eigenvalue weighted by atomic mass is 16.5. The lowest BCUT2D eigenvalue weighted by molar-refractivity contribution is -0.145. The van der Waals surface area contributed by atoms with Crippen molar-refractivity contribution in [2.24, 2.45) is 46.3 Å². The van der Waals surface area contributed by atoms with Gasteiger partial charge in [-0.2, -0.15) is 0 Å². The van der Waals surface area contributed by atoms with Crippen LogP contribution in [-0.2, 0) is 27.4 Å². The van der Waals surface area contributed by atoms with Crippen LogP contribution in [0.15, 0.2) is 29.8 Å². The van der Waals surface area contributed by atoms with Gasteiger partial charge in [0, 0.05) is 19.5 Å². The van der Waals surface area contributed by atoms with E-state index in [0.29, 0.717) is 37.2 Å². The number of esters is 2. The second-order valence-electron chi connectivity index (χ2n) is 19.4. The Labute approximate surface area is 323 Å². The number of carbonyl (C=O) groups is 2. The molecule has 5 aliphatic rings. The highest BCUT2D eigenvalue weighted by Crippen LogP contribution is 2.67. The van der Waals surface area contributed by atoms with Crippen molar-refractivity contribution in [1.82, 2.24) is 4.90 Å². The van der Waals surface area contributed by atoms with Gasteiger partial charge in [-0.1, -0.05) is 123 Å². The van der Waals surface area contributed by atoms with Gasteiger partial charge in [0.2, 0.25) is 0 Å². The lowest BCUT2D eigenvalue weighted by Gasteiger charge is -2.58. The van der Waals surface area contributed by atoms with E-state index < -0.39 is 0 Å². The molecule has 8 atom stereocenters. The zero-order valence-electron chi connectivity index (χ0n) is 34.7. The predicted molar refractivity (Wildman–Crippen MR) is 216 cm³/mol. The van der Waals surface area contributed by atoms with E-state index in [9.17, 15) is 9.59 Å². The number of carbonyl (C=O) groups excluding carboxylic acids is 2. The van der Waals surface area contributed by atoms with Gasteiger partial charge >= 0.3 is 11.9 Å². The van der Waals surface area contributed by atoms with Gasteiger partial charge in [-0.15, -0.1) is 0 Å². The monoisotopic (exact) mass is 730 g/mol. The molecular weight excluding hydrogens is 655 g/mol. The van der Waals surface area contributed by atoms with Gasteiger partial charge in [-0.05, 0) is 121 Å². The molecule has 3 fully saturated rings. The Kier molecular flexibility index (Phi) is 13.9. The fourth-order valence-electron chi connectivity index (χ4n) is 12.3. The first-order chi connectivity index (χ1) is 25.5. The summed E-state index contributed by atoms with van der Waals surface area (Å²) in [7, 11) is 0. The van der Waals surface area contributed by atoms with Crippen LogP contribution in [0.1, 0.15) is 185 Å². The fraction of sp³-hybridized carbons (Fsp3) is 0.792. The molecule has 1 heterocycles. The third-order valence-corrected chi connectivity index (χ3v) is 15.4. The van der Waals surface area contributed by atoms with E-state index in [2.05, 4.69) is 58.6 Å². The molecule has 1 aromatic rings. The van der Waals surface area contributed by atoms with Gasteiger partial charge < -0.3 is 9.47 Å². The van der Waals surface area contributed by atoms with E-state index >= 15 is 0 Å². The highest BCUT2D eigenvalue weighted by Gasteiger charge is 2.59. The van der Waals surface area contributed by atoms with Gasteiger partial charge in [0.25, 0.3) is 0 Å². The first-order valence-corrected chi connectivity index (χ1v) is 22.4. The molecule has 1 aliphatic heterocycles. The van der Waals surface area contributed by atoms with Gasteiger partial charge in [-0.3, -0.25) is 9.69 Å². The standard InChI is InChI=1S/C48H75NO4/c1-7-8-9-10-11-12-13-14-28-52-45(50)33-49-31-37-19-18-36(29-38(37)32-49)46(51)53-40-24-26-47(5)39(30-40)20-21-41-43-23-22-42(35(4)17-15-16-34(2)3)48(43,6)27-25-44(41)47/h18-20,29,34-35,40-44H,7-17,21-28,30-33H2,1-6H3/t35-,40+,41+,42-,43+,44+,47+,48-/m1/s1. The molecule has 0 aromatic heterocycles. The quantitative estimate of drug-likeness (QED) is 0.0855. The number of allylic oxidation sites excluding steroid dienone is 1. The molecule has 5 heteroatoms. The van der Waals surface area contributed by atoms with Crippen molar-refractivity contribution in [2.75, 3.05) is 13.2 Å². The van der Waals surface area contributed by atoms with Crippen LogP contribution >= 0.6 is 0 Å². The Balaban J connectivity index is 0.958. The van der Waals surface area contributed by atoms with Gasteiger partial charge in [0.1, 0.15) is 6.10 Å². The number of ether oxygens (including phenoxy) is 2. The molecule has 53 heavy (non-hydrogen) atoms. The summed E-state index contributed by atoms with van der Waals surface area (Å²) in [6.07, 6.45) is 26.4. The molecule has 0 amide bonds. The SMILES string of the molecule is CCCCCCCCCCOC(=O)CN1Cc2ccc(C(=O)O[C@H]3CC[C@@]4(C)C(=CC[C@H]5[C@@H]6CC[C@H]([C@H](C)CCCC(C)C)[C@@]6(C)CC[C@@H]54)C3)cc2C1. The van der Waals surface area contributed by atoms with Gasteiger partial charge in [0.15, 0.2) is 0 Å². The Hall–Kier alpha value is -2.14. The third kappa shape index (κ3) is 9.46. The van der Waals surface area contributed by atoms with E-state index in [4.69, 9.17) is 9.47 Å². The Bertz CT molecular complexity index is 1420. The van der Waals surface area contributed by atoms with Crippen LogP contribution < -0.4 is 0 Å². The molecule has 0 saturated heterocycles. The maximum atomic E-state index is 13.5. The number of benzene rings is 1. The minimum atomic E-state index is -0.202. The van der Waals surface area contributed by atoms with Crippen molar-refractivity contribution >= 4 is 11.9 Å². The summed E-state index contributed by atoms with van der Waals surface area (Å²) in [6.45, 7) is 17.0. The van der Waals surface area contributed by atoms with Crippen molar-refractivity contribution in [2.45, 2.75) is 183 Å². The van der Waals surface area contributed by atoms with Crippen LogP contribution in [0.4, 0.5) is 0 Å². The molecule has 6 rings (SSSR count). The zero-order valence-corrected chi connectivity index (χ0v) is 34.7. The normalized spacial score (nSPS) is 31.3. The summed E-state index contributed by atoms with van der Waals surface area (Å²) < 4.78 is 11.8. The number of hydrogen-bond donors (Lipinski definition) is 0. The number of fused-ring (bicyclic) bond motifs is 6. The summed E-state index contributed by atoms with van der Waals surface area (Å²) in [4.78, 5) is 28.2. The number of unbranched alkanes of at least 4 members (excludes halogenated alkanes) is 7. The van der Waals surface area contributed by atoms with Crippen LogP contribution in [0.25, 0.3) is 0 Å². The maximum Gasteiger partial charge on any atom is 0.338 e. The maximum absolute atomic E-state index is 13.5. The summed E-state index contributed by atoms with van der Waals surface area (Å²) >= 11 is 0. The topological polar surface area (TPSA) is 55.8 Å². The molecule has 296 valence electrons. The van der Waals surface area contributed by atoms with Gasteiger partial charge in [0.05, 0.1) is 18.7 Å². The van der Waals surface area contributed by atoms with Crippen LogP contribution in [0.2, 0.25) is 0 Å². The van der Waals surface area contributed by atoms with E-state index in [1.54, 1.807) is 5.57 Å². The second-order valence-corrected chi connectivity index (χ2v) is 19.4. The van der Waals surface area contributed by atoms with Crippen LogP contribution in [0, 0.1) is 46.3 Å². The first kappa shape index (κ1) is 40.5. The molecule has 3 saturated carbocycles. The average molecular weight is 730 g/mol. The minimum absolute atomic E-state index is 0.0460. The molecule has 0 radical (unpaired) electrons. The Morgan fingerprint density at radius 2 is 1.60 bits per heavy atom. The molecule has 0 spiro atoms. The van der Waals surface area contributed by atoms with E-state index in [-0.39, 0.29) is 23.5 Å². The molecule has 1 aromatic carbocycles. The molecule has 5 nitrogen and oxygen atoms in total. The first-order valence-electron chi connectivity index (χ1n) is 22.4. The second kappa shape index (κ2) is 18.2. The van der Waals surface area contributed by atoms with Crippen molar-refractivity contribution < 1.29 is 19.1 Å². The Morgan fingerprint density at radius 3 is 2.38 bits per heavy atom. The Morgan fingerprint density at radius 1 is 0.849 bits per heavy atom. The number of rotatable bonds is 18. The largest absolute Gasteiger partial charge is 0.465 e. The van der Waals surface area contributed by atoms with Crippen molar-refractivity contribution in [3.8, 4) is 0 Å². The smallest absolute Gasteiger partial charge is 0.338 e. The minimum Gasteiger partial charge on any atom is -0.465 e. The number of nitrogens with zero attached hydrogens (tertiary/aromatic N) is 1. The van der Waals surface area contributed by atoms with E-state index in [1.165, 1.54) is 95.5 Å². The predicted octanol–water partition coefficient (Wildman–Crippen LogP) is 12.3. The lowest BCUT2D eigenvalue weighted by atomic mass is 9.47. The molecule has 4 aliphatic carbocycles. The van der Waals surface area contributed by atoms with Gasteiger partial charge in [-0.25, -0.2) is 4.79 Å². The summed E-state index contributed by atoms with van der Waals surface area (Å²) in [5, 5.41) is 0. The summed E-state index contributed by atoms with van der Waals surface area (Å²) in [5.74, 6) is 4.66. The van der Waals surface area contributed by atoms with E-state index in [1.807, 2.05) is 12.1 Å². The molecule has 0 N–H and O–H groups in total. The third-order valence-electron chi connectivity index (χ3n) is 15.4. The summed E-state index contributed by atoms with van der Waals surface area (Å²) in [5.41, 5.74) is 5.27. The van der Waals surface area contributed by atoms with Crippen LogP contribution in [-0.4, -0.2) is 36.1 Å². The van der Waals surface area contributed by atoms with Crippen LogP contribution in [0.3, 0.4) is 0 Å². The fourth-order valence-corrected chi connectivity index (χ4v) is 12.3. The zero-order chi connectivity index (χ0) is 37.6. The summed E-state index contributed by atoms with van der Waals surface area (Å²) in [6, 6.07) is 5.97. The average Bonchev–Trinajstić information content (AvgIpc) is 3.70.